The molecule has 0 bridgehead atoms. The molecular weight excluding hydrogens is 228 g/mol. The highest BCUT2D eigenvalue weighted by atomic mass is 32.1. The van der Waals surface area contributed by atoms with Gasteiger partial charge in [0.15, 0.2) is 0 Å². The van der Waals surface area contributed by atoms with Crippen molar-refractivity contribution in [1.29, 1.82) is 0 Å². The fourth-order valence-corrected chi connectivity index (χ4v) is 2.66. The molecule has 1 aromatic carbocycles. The van der Waals surface area contributed by atoms with Crippen molar-refractivity contribution in [1.82, 2.24) is 5.43 Å². The lowest BCUT2D eigenvalue weighted by atomic mass is 10.0. The summed E-state index contributed by atoms with van der Waals surface area (Å²) in [6.45, 7) is 2.11. The Kier molecular flexibility index (Phi) is 4.31. The molecule has 1 heterocycles. The van der Waals surface area contributed by atoms with E-state index in [4.69, 9.17) is 5.84 Å². The molecule has 1 atom stereocenters. The molecule has 0 saturated heterocycles. The maximum Gasteiger partial charge on any atom is 0.0299 e. The maximum absolute atomic E-state index is 5.62. The summed E-state index contributed by atoms with van der Waals surface area (Å²) in [7, 11) is 0. The van der Waals surface area contributed by atoms with Gasteiger partial charge in [0, 0.05) is 10.9 Å². The second-order valence-electron chi connectivity index (χ2n) is 4.34. The summed E-state index contributed by atoms with van der Waals surface area (Å²) in [4.78, 5) is 1.38. The van der Waals surface area contributed by atoms with Crippen LogP contribution in [0.25, 0.3) is 0 Å². The van der Waals surface area contributed by atoms with Crippen LogP contribution in [0, 0.1) is 6.92 Å². The van der Waals surface area contributed by atoms with Gasteiger partial charge in [-0.15, -0.1) is 11.3 Å². The van der Waals surface area contributed by atoms with Crippen LogP contribution in [-0.4, -0.2) is 6.04 Å². The number of aryl methyl sites for hydroxylation is 1. The molecule has 0 aliphatic carbocycles. The molecule has 90 valence electrons. The number of benzene rings is 1. The van der Waals surface area contributed by atoms with Crippen LogP contribution >= 0.6 is 11.3 Å². The molecule has 1 aromatic heterocycles. The summed E-state index contributed by atoms with van der Waals surface area (Å²) in [6.07, 6.45) is 1.96. The van der Waals surface area contributed by atoms with E-state index in [1.54, 1.807) is 11.3 Å². The van der Waals surface area contributed by atoms with Crippen molar-refractivity contribution in [2.24, 2.45) is 5.84 Å². The summed E-state index contributed by atoms with van der Waals surface area (Å²) in [5.41, 5.74) is 5.53. The Labute approximate surface area is 106 Å². The number of hydrazine groups is 1. The van der Waals surface area contributed by atoms with Crippen LogP contribution < -0.4 is 11.3 Å². The minimum Gasteiger partial charge on any atom is -0.271 e. The lowest BCUT2D eigenvalue weighted by Crippen LogP contribution is -2.38. The van der Waals surface area contributed by atoms with Crippen LogP contribution in [0.2, 0.25) is 0 Å². The van der Waals surface area contributed by atoms with Crippen LogP contribution in [0.5, 0.6) is 0 Å². The first kappa shape index (κ1) is 12.3. The van der Waals surface area contributed by atoms with E-state index in [1.807, 2.05) is 0 Å². The Morgan fingerprint density at radius 1 is 1.18 bits per heavy atom. The largest absolute Gasteiger partial charge is 0.271 e. The number of rotatable bonds is 5. The van der Waals surface area contributed by atoms with Gasteiger partial charge in [-0.05, 0) is 36.8 Å². The number of nitrogens with one attached hydrogen (secondary N) is 1. The first-order chi connectivity index (χ1) is 8.28. The second kappa shape index (κ2) is 5.96. The van der Waals surface area contributed by atoms with Crippen LogP contribution in [0.4, 0.5) is 0 Å². The van der Waals surface area contributed by atoms with Gasteiger partial charge in [0.1, 0.15) is 0 Å². The van der Waals surface area contributed by atoms with Crippen molar-refractivity contribution >= 4 is 11.3 Å². The van der Waals surface area contributed by atoms with Crippen molar-refractivity contribution in [3.8, 4) is 0 Å². The summed E-state index contributed by atoms with van der Waals surface area (Å²) in [6, 6.07) is 13.2. The van der Waals surface area contributed by atoms with Crippen molar-refractivity contribution in [2.45, 2.75) is 25.8 Å². The third kappa shape index (κ3) is 3.66. The van der Waals surface area contributed by atoms with Gasteiger partial charge in [-0.3, -0.25) is 11.3 Å². The Balaban J connectivity index is 1.97. The minimum atomic E-state index is 0.302. The molecule has 0 saturated carbocycles. The Morgan fingerprint density at radius 2 is 1.94 bits per heavy atom. The van der Waals surface area contributed by atoms with Gasteiger partial charge in [-0.1, -0.05) is 35.9 Å². The van der Waals surface area contributed by atoms with Gasteiger partial charge in [0.05, 0.1) is 0 Å². The fourth-order valence-electron chi connectivity index (χ4n) is 1.87. The quantitative estimate of drug-likeness (QED) is 0.629. The highest BCUT2D eigenvalue weighted by Crippen LogP contribution is 2.14. The zero-order valence-corrected chi connectivity index (χ0v) is 10.8. The molecule has 17 heavy (non-hydrogen) atoms. The number of thiophene rings is 1. The van der Waals surface area contributed by atoms with Crippen molar-refractivity contribution < 1.29 is 0 Å². The Morgan fingerprint density at radius 3 is 2.53 bits per heavy atom. The highest BCUT2D eigenvalue weighted by molar-refractivity contribution is 7.09. The third-order valence-corrected chi connectivity index (χ3v) is 3.76. The lowest BCUT2D eigenvalue weighted by Gasteiger charge is -2.15. The normalized spacial score (nSPS) is 12.6. The standard InChI is InChI=1S/C14H18N2S/c1-11-4-6-12(7-5-11)9-13(16-15)10-14-3-2-8-17-14/h2-8,13,16H,9-10,15H2,1H3. The summed E-state index contributed by atoms with van der Waals surface area (Å²) in [5.74, 6) is 5.62. The van der Waals surface area contributed by atoms with Crippen LogP contribution in [0.3, 0.4) is 0 Å². The smallest absolute Gasteiger partial charge is 0.0299 e. The molecule has 0 radical (unpaired) electrons. The number of hydrogen-bond acceptors (Lipinski definition) is 3. The maximum atomic E-state index is 5.62. The zero-order valence-electron chi connectivity index (χ0n) is 10.0. The van der Waals surface area contributed by atoms with Gasteiger partial charge in [-0.2, -0.15) is 0 Å². The molecular formula is C14H18N2S. The van der Waals surface area contributed by atoms with E-state index in [0.717, 1.165) is 12.8 Å². The molecule has 3 N–H and O–H groups in total. The summed E-state index contributed by atoms with van der Waals surface area (Å²) < 4.78 is 0. The number of hydrogen-bond donors (Lipinski definition) is 2. The van der Waals surface area contributed by atoms with Gasteiger partial charge in [0.2, 0.25) is 0 Å². The van der Waals surface area contributed by atoms with E-state index < -0.39 is 0 Å². The van der Waals surface area contributed by atoms with E-state index in [2.05, 4.69) is 54.1 Å². The average Bonchev–Trinajstić information content (AvgIpc) is 2.84. The second-order valence-corrected chi connectivity index (χ2v) is 5.37. The van der Waals surface area contributed by atoms with Crippen LogP contribution in [-0.2, 0) is 12.8 Å². The lowest BCUT2D eigenvalue weighted by molar-refractivity contribution is 0.525. The zero-order chi connectivity index (χ0) is 12.1. The molecule has 0 aliphatic heterocycles. The third-order valence-electron chi connectivity index (χ3n) is 2.87. The highest BCUT2D eigenvalue weighted by Gasteiger charge is 2.09. The van der Waals surface area contributed by atoms with E-state index in [0.29, 0.717) is 6.04 Å². The topological polar surface area (TPSA) is 38.0 Å². The number of nitrogens with two attached hydrogens (primary N) is 1. The van der Waals surface area contributed by atoms with Gasteiger partial charge >= 0.3 is 0 Å². The van der Waals surface area contributed by atoms with Gasteiger partial charge in [0.25, 0.3) is 0 Å². The van der Waals surface area contributed by atoms with Gasteiger partial charge < -0.3 is 0 Å². The van der Waals surface area contributed by atoms with Crippen LogP contribution in [0.1, 0.15) is 16.0 Å². The molecule has 2 aromatic rings. The predicted octanol–water partition coefficient (Wildman–Crippen LogP) is 2.67. The monoisotopic (exact) mass is 246 g/mol. The minimum absolute atomic E-state index is 0.302. The SMILES string of the molecule is Cc1ccc(CC(Cc2cccs2)NN)cc1. The van der Waals surface area contributed by atoms with E-state index >= 15 is 0 Å². The fraction of sp³-hybridized carbons (Fsp3) is 0.286. The first-order valence-corrected chi connectivity index (χ1v) is 6.70. The summed E-state index contributed by atoms with van der Waals surface area (Å²) in [5, 5.41) is 2.11. The first-order valence-electron chi connectivity index (χ1n) is 5.82. The summed E-state index contributed by atoms with van der Waals surface area (Å²) >= 11 is 1.78. The molecule has 1 unspecified atom stereocenters. The van der Waals surface area contributed by atoms with Crippen LogP contribution in [0.15, 0.2) is 41.8 Å². The van der Waals surface area contributed by atoms with Crippen molar-refractivity contribution in [3.63, 3.8) is 0 Å². The van der Waals surface area contributed by atoms with E-state index in [9.17, 15) is 0 Å². The Bertz CT molecular complexity index is 434. The van der Waals surface area contributed by atoms with E-state index in [1.165, 1.54) is 16.0 Å². The molecule has 0 aliphatic rings. The van der Waals surface area contributed by atoms with Crippen molar-refractivity contribution in [2.75, 3.05) is 0 Å². The molecule has 2 rings (SSSR count). The predicted molar refractivity (Wildman–Crippen MR) is 74.0 cm³/mol. The average molecular weight is 246 g/mol. The van der Waals surface area contributed by atoms with E-state index in [-0.39, 0.29) is 0 Å². The molecule has 0 spiro atoms. The molecule has 3 heteroatoms. The van der Waals surface area contributed by atoms with Crippen molar-refractivity contribution in [3.05, 3.63) is 57.8 Å². The van der Waals surface area contributed by atoms with Gasteiger partial charge in [-0.25, -0.2) is 0 Å². The Hall–Kier alpha value is -1.16. The molecule has 0 amide bonds. The molecule has 0 fully saturated rings. The molecule has 2 nitrogen and oxygen atoms in total.